The largest absolute Gasteiger partial charge is 0.370 e. The molecule has 20 nitrogen and oxygen atoms in total. The van der Waals surface area contributed by atoms with Crippen LogP contribution in [0.4, 0.5) is 0 Å². The summed E-state index contributed by atoms with van der Waals surface area (Å²) in [4.78, 5) is 88.9. The zero-order chi connectivity index (χ0) is 49.3. The van der Waals surface area contributed by atoms with Gasteiger partial charge in [0.2, 0.25) is 35.4 Å². The van der Waals surface area contributed by atoms with Crippen molar-refractivity contribution >= 4 is 47.4 Å². The zero-order valence-electron chi connectivity index (χ0n) is 40.8. The summed E-state index contributed by atoms with van der Waals surface area (Å²) >= 11 is 0. The van der Waals surface area contributed by atoms with Crippen LogP contribution in [-0.2, 0) is 35.2 Å². The Balaban J connectivity index is 3.09. The van der Waals surface area contributed by atoms with Gasteiger partial charge in [0, 0.05) is 39.2 Å². The number of nitrogens with zero attached hydrogens (tertiary/aromatic N) is 1. The molecule has 0 spiro atoms. The highest BCUT2D eigenvalue weighted by molar-refractivity contribution is 5.96. The summed E-state index contributed by atoms with van der Waals surface area (Å²) in [5.41, 5.74) is 11.3. The van der Waals surface area contributed by atoms with E-state index in [1.165, 1.54) is 71.2 Å². The molecule has 0 unspecified atom stereocenters. The monoisotopic (exact) mass is 931 g/mol. The fourth-order valence-electron chi connectivity index (χ4n) is 7.46. The van der Waals surface area contributed by atoms with Crippen molar-refractivity contribution in [3.8, 4) is 0 Å². The second-order valence-electron chi connectivity index (χ2n) is 18.0. The van der Waals surface area contributed by atoms with Gasteiger partial charge in [-0.3, -0.25) is 39.6 Å². The first kappa shape index (κ1) is 58.6. The van der Waals surface area contributed by atoms with Gasteiger partial charge in [0.15, 0.2) is 11.9 Å². The maximum atomic E-state index is 14.2. The number of nitrogens with two attached hydrogens (primary N) is 2. The van der Waals surface area contributed by atoms with E-state index in [1.54, 1.807) is 20.0 Å². The van der Waals surface area contributed by atoms with E-state index in [2.05, 4.69) is 59.4 Å². The van der Waals surface area contributed by atoms with Crippen LogP contribution in [0, 0.1) is 22.7 Å². The van der Waals surface area contributed by atoms with E-state index in [1.807, 2.05) is 13.8 Å². The van der Waals surface area contributed by atoms with Crippen LogP contribution in [-0.4, -0.2) is 108 Å². The summed E-state index contributed by atoms with van der Waals surface area (Å²) in [7, 11) is 1.44. The Morgan fingerprint density at radius 1 is 0.606 bits per heavy atom. The Bertz CT molecular complexity index is 1590. The van der Waals surface area contributed by atoms with Crippen molar-refractivity contribution < 1.29 is 28.8 Å². The summed E-state index contributed by atoms with van der Waals surface area (Å²) in [5.74, 6) is -4.11. The smallest absolute Gasteiger partial charge is 0.243 e. The molecule has 1 aromatic rings. The summed E-state index contributed by atoms with van der Waals surface area (Å²) in [5, 5.41) is 36.7. The summed E-state index contributed by atoms with van der Waals surface area (Å²) < 4.78 is 0. The van der Waals surface area contributed by atoms with Gasteiger partial charge in [-0.25, -0.2) is 4.98 Å². The first-order valence-corrected chi connectivity index (χ1v) is 24.3. The number of imidazole rings is 1. The summed E-state index contributed by atoms with van der Waals surface area (Å²) in [6.07, 6.45) is 19.9. The Hall–Kier alpha value is -5.43. The maximum absolute atomic E-state index is 14.2. The number of aromatic amines is 1. The summed E-state index contributed by atoms with van der Waals surface area (Å²) in [6.45, 7) is 10.1. The van der Waals surface area contributed by atoms with Crippen LogP contribution in [0.3, 0.4) is 0 Å². The molecule has 0 aromatic carbocycles. The molecule has 1 heterocycles. The minimum Gasteiger partial charge on any atom is -0.370 e. The lowest BCUT2D eigenvalue weighted by Gasteiger charge is -2.28. The van der Waals surface area contributed by atoms with Crippen LogP contribution in [0.2, 0.25) is 0 Å². The second-order valence-corrected chi connectivity index (χ2v) is 18.0. The number of rotatable bonds is 37. The Labute approximate surface area is 393 Å². The molecule has 66 heavy (non-hydrogen) atoms. The predicted octanol–water partition coefficient (Wildman–Crippen LogP) is 2.83. The number of nitrogens with one attached hydrogen (secondary N) is 11. The molecule has 0 fully saturated rings. The zero-order valence-corrected chi connectivity index (χ0v) is 40.8. The lowest BCUT2D eigenvalue weighted by Crippen LogP contribution is -2.60. The highest BCUT2D eigenvalue weighted by atomic mass is 16.2. The number of likely N-dealkylation sites (N-methyl/N-ethyl adjacent to an activating group) is 1. The van der Waals surface area contributed by atoms with Gasteiger partial charge in [-0.2, -0.15) is 0 Å². The van der Waals surface area contributed by atoms with Gasteiger partial charge in [-0.15, -0.1) is 0 Å². The van der Waals surface area contributed by atoms with Gasteiger partial charge >= 0.3 is 0 Å². The lowest BCUT2D eigenvalue weighted by molar-refractivity contribution is -0.135. The van der Waals surface area contributed by atoms with Gasteiger partial charge < -0.3 is 59.0 Å². The van der Waals surface area contributed by atoms with E-state index in [0.717, 1.165) is 19.3 Å². The SMILES string of the molecule is CCCCCCCCCCCCCCCC(=O)N[C@H](C(=O)N[C@@H](Cc1c[nH]cn1)C(=O)N[C@@H](CCCNC(=N)N)C(=O)N[C@@H](CC(C)C)C(=O)N[C@@H](CCCNC(=N)N)C(=O)NC)C(C)C. The quantitative estimate of drug-likeness (QED) is 0.0261. The first-order valence-electron chi connectivity index (χ1n) is 24.3. The van der Waals surface area contributed by atoms with Gasteiger partial charge in [0.05, 0.1) is 12.0 Å². The minimum atomic E-state index is -1.22. The highest BCUT2D eigenvalue weighted by Crippen LogP contribution is 2.14. The predicted molar refractivity (Wildman–Crippen MR) is 259 cm³/mol. The topological polar surface area (TPSA) is 327 Å². The molecule has 1 aromatic heterocycles. The van der Waals surface area contributed by atoms with Crippen LogP contribution in [0.25, 0.3) is 0 Å². The fourth-order valence-corrected chi connectivity index (χ4v) is 7.46. The van der Waals surface area contributed by atoms with E-state index in [0.29, 0.717) is 25.1 Å². The van der Waals surface area contributed by atoms with Crippen molar-refractivity contribution in [2.24, 2.45) is 23.3 Å². The number of unbranched alkanes of at least 4 members (excludes halogenated alkanes) is 12. The van der Waals surface area contributed by atoms with E-state index < -0.39 is 59.7 Å². The maximum Gasteiger partial charge on any atom is 0.243 e. The number of hydrogen-bond donors (Lipinski definition) is 13. The first-order chi connectivity index (χ1) is 31.5. The molecule has 15 N–H and O–H groups in total. The average molecular weight is 931 g/mol. The minimum absolute atomic E-state index is 0.0414. The molecule has 5 atom stereocenters. The van der Waals surface area contributed by atoms with Crippen molar-refractivity contribution in [1.82, 2.24) is 52.5 Å². The lowest BCUT2D eigenvalue weighted by atomic mass is 10.0. The molecule has 0 radical (unpaired) electrons. The van der Waals surface area contributed by atoms with Crippen molar-refractivity contribution in [3.05, 3.63) is 18.2 Å². The van der Waals surface area contributed by atoms with Crippen molar-refractivity contribution in [3.63, 3.8) is 0 Å². The van der Waals surface area contributed by atoms with Crippen LogP contribution >= 0.6 is 0 Å². The van der Waals surface area contributed by atoms with Crippen LogP contribution in [0.15, 0.2) is 12.5 Å². The molecule has 20 heteroatoms. The van der Waals surface area contributed by atoms with Crippen molar-refractivity contribution in [2.45, 2.75) is 193 Å². The number of hydrogen-bond acceptors (Lipinski definition) is 9. The number of aromatic nitrogens is 2. The second kappa shape index (κ2) is 34.9. The summed E-state index contributed by atoms with van der Waals surface area (Å²) in [6, 6.07) is -5.40. The van der Waals surface area contributed by atoms with Crippen LogP contribution < -0.4 is 54.0 Å². The van der Waals surface area contributed by atoms with E-state index in [9.17, 15) is 28.8 Å². The Morgan fingerprint density at radius 2 is 1.06 bits per heavy atom. The fraction of sp³-hybridized carbons (Fsp3) is 0.761. The highest BCUT2D eigenvalue weighted by Gasteiger charge is 2.33. The van der Waals surface area contributed by atoms with Crippen LogP contribution in [0.1, 0.15) is 162 Å². The molecule has 0 saturated heterocycles. The molecule has 0 aliphatic carbocycles. The van der Waals surface area contributed by atoms with E-state index in [4.69, 9.17) is 22.3 Å². The number of carbonyl (C=O) groups excluding carboxylic acids is 6. The van der Waals surface area contributed by atoms with Crippen molar-refractivity contribution in [2.75, 3.05) is 20.1 Å². The molecule has 0 saturated carbocycles. The molecule has 1 rings (SSSR count). The number of guanidine groups is 2. The van der Waals surface area contributed by atoms with Gasteiger partial charge in [-0.1, -0.05) is 112 Å². The van der Waals surface area contributed by atoms with Gasteiger partial charge in [0.1, 0.15) is 30.2 Å². The third-order valence-corrected chi connectivity index (χ3v) is 11.2. The molecule has 0 aliphatic rings. The third kappa shape index (κ3) is 27.1. The third-order valence-electron chi connectivity index (χ3n) is 11.2. The Kier molecular flexibility index (Phi) is 30.9. The van der Waals surface area contributed by atoms with Crippen LogP contribution in [0.5, 0.6) is 0 Å². The van der Waals surface area contributed by atoms with Gasteiger partial charge in [-0.05, 0) is 50.4 Å². The number of H-pyrrole nitrogens is 1. The van der Waals surface area contributed by atoms with Gasteiger partial charge in [0.25, 0.3) is 0 Å². The van der Waals surface area contributed by atoms with Crippen molar-refractivity contribution in [1.29, 1.82) is 10.8 Å². The normalized spacial score (nSPS) is 13.4. The Morgan fingerprint density at radius 3 is 1.52 bits per heavy atom. The molecule has 0 bridgehead atoms. The average Bonchev–Trinajstić information content (AvgIpc) is 3.78. The molecule has 6 amide bonds. The number of carbonyl (C=O) groups is 6. The number of amides is 6. The molecular weight excluding hydrogens is 845 g/mol. The standard InChI is InChI=1S/C46H86N14O6/c1-7-8-9-10-11-12-13-14-15-16-17-18-19-24-38(61)60-39(32(4)5)44(66)59-37(28-33-29-52-30-55-33)43(65)57-35(23-21-26-54-46(49)50)41(63)58-36(27-31(2)3)42(64)56-34(40(62)51-6)22-20-25-53-45(47)48/h29-32,34-37,39H,7-28H2,1-6H3,(H,51,62)(H,52,55)(H,56,64)(H,57,65)(H,58,63)(H,59,66)(H,60,61)(H4,47,48,53)(H4,49,50,54)/t34-,35-,36-,37-,39-/m0/s1. The van der Waals surface area contributed by atoms with E-state index >= 15 is 0 Å². The molecular formula is C46H86N14O6. The molecule has 0 aliphatic heterocycles. The van der Waals surface area contributed by atoms with E-state index in [-0.39, 0.29) is 74.7 Å². The molecule has 376 valence electrons.